The topological polar surface area (TPSA) is 302 Å². The van der Waals surface area contributed by atoms with Crippen molar-refractivity contribution in [2.24, 2.45) is 11.7 Å². The highest BCUT2D eigenvalue weighted by Gasteiger charge is 2.30. The fourth-order valence-electron chi connectivity index (χ4n) is 9.04. The molecule has 1 aliphatic carbocycles. The number of urea groups is 1. The summed E-state index contributed by atoms with van der Waals surface area (Å²) in [6, 6.07) is 19.8. The maximum Gasteiger partial charge on any atom is 0.407 e. The number of alkyl carbamates (subject to hydrolysis) is 1. The van der Waals surface area contributed by atoms with Crippen LogP contribution in [0.15, 0.2) is 97.5 Å². The third-order valence-corrected chi connectivity index (χ3v) is 13.0. The van der Waals surface area contributed by atoms with Gasteiger partial charge in [-0.1, -0.05) is 44.5 Å². The van der Waals surface area contributed by atoms with Crippen molar-refractivity contribution in [1.29, 1.82) is 0 Å². The highest BCUT2D eigenvalue weighted by atomic mass is 16.5. The number of anilines is 2. The van der Waals surface area contributed by atoms with Gasteiger partial charge in [0.25, 0.3) is 11.8 Å². The molecular weight excluding hydrogens is 973 g/mol. The lowest BCUT2D eigenvalue weighted by molar-refractivity contribution is -0.137. The number of benzene rings is 2. The number of nitrogens with two attached hydrogens (primary N) is 1. The first-order chi connectivity index (χ1) is 36.6. The first kappa shape index (κ1) is 53.3. The van der Waals surface area contributed by atoms with Crippen LogP contribution >= 0.6 is 0 Å². The van der Waals surface area contributed by atoms with Gasteiger partial charge < -0.3 is 47.4 Å². The fourth-order valence-corrected chi connectivity index (χ4v) is 9.04. The molecule has 3 atom stereocenters. The molecule has 9 N–H and O–H groups in total. The number of primary amides is 1. The Morgan fingerprint density at radius 1 is 0.855 bits per heavy atom. The van der Waals surface area contributed by atoms with Crippen LogP contribution in [0.2, 0.25) is 0 Å². The second-order valence-corrected chi connectivity index (χ2v) is 19.2. The predicted octanol–water partition coefficient (Wildman–Crippen LogP) is 4.99. The lowest BCUT2D eigenvalue weighted by Gasteiger charge is -2.25. The normalized spacial score (nSPS) is 14.6. The number of aryl methyl sites for hydroxylation is 1. The Labute approximate surface area is 438 Å². The molecule has 0 saturated heterocycles. The van der Waals surface area contributed by atoms with Crippen LogP contribution in [0, 0.1) is 12.8 Å². The Balaban J connectivity index is 0.791. The molecule has 0 bridgehead atoms. The molecule has 1 aliphatic heterocycles. The highest BCUT2D eigenvalue weighted by Crippen LogP contribution is 2.31. The van der Waals surface area contributed by atoms with Gasteiger partial charge in [0.2, 0.25) is 17.7 Å². The summed E-state index contributed by atoms with van der Waals surface area (Å²) in [7, 11) is 0. The second-order valence-electron chi connectivity index (χ2n) is 19.2. The molecular formula is C54H62N14O8. The number of unbranched alkanes of at least 4 members (excludes halogenated alkanes) is 2. The molecule has 0 saturated carbocycles. The number of nitrogens with zero attached hydrogens (tertiary/aromatic N) is 6. The molecule has 76 heavy (non-hydrogen) atoms. The number of amides is 8. The first-order valence-corrected chi connectivity index (χ1v) is 25.3. The van der Waals surface area contributed by atoms with Gasteiger partial charge in [-0.25, -0.2) is 24.1 Å². The van der Waals surface area contributed by atoms with E-state index in [0.717, 1.165) is 61.5 Å². The lowest BCUT2D eigenvalue weighted by Crippen LogP contribution is -2.54. The van der Waals surface area contributed by atoms with Crippen molar-refractivity contribution in [3.8, 4) is 22.6 Å². The largest absolute Gasteiger partial charge is 0.445 e. The third kappa shape index (κ3) is 14.2. The number of pyridine rings is 2. The Hall–Kier alpha value is -8.95. The summed E-state index contributed by atoms with van der Waals surface area (Å²) in [5.41, 5.74) is 14.3. The van der Waals surface area contributed by atoms with Gasteiger partial charge >= 0.3 is 12.1 Å². The smallest absolute Gasteiger partial charge is 0.407 e. The van der Waals surface area contributed by atoms with Gasteiger partial charge in [-0.15, -0.1) is 0 Å². The SMILES string of the molecule is Cc1cccc(-c2nc(CNc3ccc4c(c3)CC(NC(=O)OCc3ccc(NC(=O)[C@H](CCCNC(N)=O)NC(=O)C(NC(=O)CCCCCN5C(=O)C=CC5=O)C(C)C)cc3)C4)[nH]c2-c2ccc3ncnn3c2)n1. The zero-order valence-corrected chi connectivity index (χ0v) is 42.6. The van der Waals surface area contributed by atoms with E-state index < -0.39 is 36.0 Å². The highest BCUT2D eigenvalue weighted by molar-refractivity contribution is 6.12. The van der Waals surface area contributed by atoms with Crippen molar-refractivity contribution < 1.29 is 38.3 Å². The van der Waals surface area contributed by atoms with Crippen LogP contribution in [0.5, 0.6) is 0 Å². The van der Waals surface area contributed by atoms with Gasteiger partial charge in [0.15, 0.2) is 5.65 Å². The monoisotopic (exact) mass is 1030 g/mol. The molecule has 0 radical (unpaired) electrons. The number of hydrogen-bond donors (Lipinski definition) is 8. The number of imidazole rings is 1. The maximum absolute atomic E-state index is 13.7. The number of aromatic amines is 1. The molecule has 8 amide bonds. The van der Waals surface area contributed by atoms with E-state index in [4.69, 9.17) is 20.4 Å². The number of carbonyl (C=O) groups excluding carboxylic acids is 7. The summed E-state index contributed by atoms with van der Waals surface area (Å²) in [5.74, 6) is -1.74. The van der Waals surface area contributed by atoms with Crippen LogP contribution in [0.25, 0.3) is 28.3 Å². The van der Waals surface area contributed by atoms with E-state index in [-0.39, 0.29) is 62.2 Å². The van der Waals surface area contributed by atoms with E-state index in [0.29, 0.717) is 56.3 Å². The summed E-state index contributed by atoms with van der Waals surface area (Å²) in [5, 5.41) is 21.6. The van der Waals surface area contributed by atoms with E-state index in [2.05, 4.69) is 59.1 Å². The summed E-state index contributed by atoms with van der Waals surface area (Å²) in [6.45, 7) is 6.32. The number of imide groups is 1. The van der Waals surface area contributed by atoms with Crippen molar-refractivity contribution >= 4 is 58.7 Å². The fraction of sp³-hybridized carbons (Fsp3) is 0.352. The van der Waals surface area contributed by atoms with Gasteiger partial charge in [-0.05, 0) is 117 Å². The van der Waals surface area contributed by atoms with Gasteiger partial charge in [0.05, 0.1) is 17.9 Å². The number of carbonyl (C=O) groups is 7. The quantitative estimate of drug-likeness (QED) is 0.0293. The molecule has 8 rings (SSSR count). The van der Waals surface area contributed by atoms with E-state index in [1.165, 1.54) is 18.5 Å². The summed E-state index contributed by atoms with van der Waals surface area (Å²) in [4.78, 5) is 107. The van der Waals surface area contributed by atoms with E-state index >= 15 is 0 Å². The van der Waals surface area contributed by atoms with Crippen LogP contribution in [0.4, 0.5) is 21.0 Å². The van der Waals surface area contributed by atoms with Crippen LogP contribution in [0.3, 0.4) is 0 Å². The Morgan fingerprint density at radius 3 is 2.39 bits per heavy atom. The number of H-pyrrole nitrogens is 1. The lowest BCUT2D eigenvalue weighted by atomic mass is 10.0. The molecule has 0 spiro atoms. The minimum atomic E-state index is -1.04. The summed E-state index contributed by atoms with van der Waals surface area (Å²) < 4.78 is 7.31. The molecule has 0 fully saturated rings. The van der Waals surface area contributed by atoms with Gasteiger partial charge in [0, 0.05) is 66.5 Å². The molecule has 4 aromatic heterocycles. The number of nitrogens with one attached hydrogen (secondary N) is 7. The molecule has 5 heterocycles. The second kappa shape index (κ2) is 24.9. The van der Waals surface area contributed by atoms with Crippen molar-refractivity contribution in [2.75, 3.05) is 23.7 Å². The summed E-state index contributed by atoms with van der Waals surface area (Å²) >= 11 is 0. The van der Waals surface area contributed by atoms with E-state index in [1.807, 2.05) is 49.5 Å². The molecule has 2 aromatic carbocycles. The average molecular weight is 1040 g/mol. The van der Waals surface area contributed by atoms with Gasteiger partial charge in [-0.2, -0.15) is 5.10 Å². The molecule has 2 unspecified atom stereocenters. The molecule has 6 aromatic rings. The number of rotatable bonds is 24. The summed E-state index contributed by atoms with van der Waals surface area (Å²) in [6.07, 6.45) is 8.76. The van der Waals surface area contributed by atoms with E-state index in [1.54, 1.807) is 42.6 Å². The maximum atomic E-state index is 13.7. The van der Waals surface area contributed by atoms with Crippen LogP contribution < -0.4 is 37.6 Å². The van der Waals surface area contributed by atoms with Crippen LogP contribution in [-0.4, -0.2) is 107 Å². The number of ether oxygens (including phenoxy) is 1. The number of fused-ring (bicyclic) bond motifs is 2. The standard InChI is InChI=1S/C54H62N14O8/c1-32(2)48(66-45(69)12-5-4-6-24-67-46(70)21-22-47(67)71)52(73)63-42(11-8-23-56-53(55)74)51(72)61-38-17-13-34(14-18-38)30-76-54(75)62-40-25-35-15-19-39(26-37(35)27-40)57-28-43-64-49(36-16-20-44-58-31-59-68(44)29-36)50(65-43)41-10-7-9-33(3)60-41/h7,9-10,13-22,26,29,31-32,40,42,48,57H,4-6,8,11-12,23-25,27-28,30H2,1-3H3,(H,61,72)(H,62,75)(H,63,73)(H,64,65)(H,66,69)(H3,55,56,74)/t40?,42-,48?/m0/s1. The number of hydrogen-bond acceptors (Lipinski definition) is 13. The predicted molar refractivity (Wildman–Crippen MR) is 282 cm³/mol. The van der Waals surface area contributed by atoms with Crippen molar-refractivity contribution in [3.63, 3.8) is 0 Å². The molecule has 22 nitrogen and oxygen atoms in total. The van der Waals surface area contributed by atoms with Crippen molar-refractivity contribution in [3.05, 3.63) is 126 Å². The van der Waals surface area contributed by atoms with Crippen molar-refractivity contribution in [2.45, 2.75) is 103 Å². The zero-order chi connectivity index (χ0) is 53.7. The van der Waals surface area contributed by atoms with Gasteiger partial charge in [-0.3, -0.25) is 33.9 Å². The zero-order valence-electron chi connectivity index (χ0n) is 42.6. The average Bonchev–Trinajstić information content (AvgIpc) is 4.21. The van der Waals surface area contributed by atoms with Crippen LogP contribution in [-0.2, 0) is 54.7 Å². The van der Waals surface area contributed by atoms with E-state index in [9.17, 15) is 33.6 Å². The first-order valence-electron chi connectivity index (χ1n) is 25.3. The Bertz CT molecular complexity index is 3110. The number of aromatic nitrogens is 6. The van der Waals surface area contributed by atoms with Crippen molar-refractivity contribution in [1.82, 2.24) is 55.7 Å². The van der Waals surface area contributed by atoms with Gasteiger partial charge in [0.1, 0.15) is 36.5 Å². The molecule has 396 valence electrons. The molecule has 2 aliphatic rings. The Morgan fingerprint density at radius 2 is 1.63 bits per heavy atom. The minimum absolute atomic E-state index is 0.0226. The third-order valence-electron chi connectivity index (χ3n) is 13.0. The van der Waals surface area contributed by atoms with Crippen LogP contribution in [0.1, 0.15) is 80.6 Å². The Kier molecular flexibility index (Phi) is 17.4. The minimum Gasteiger partial charge on any atom is -0.445 e. The molecule has 22 heteroatoms.